The molecule has 0 saturated heterocycles. The smallest absolute Gasteiger partial charge is 0.231 e. The number of fused-ring (bicyclic) bond motifs is 1. The van der Waals surface area contributed by atoms with E-state index in [1.165, 1.54) is 19.2 Å². The summed E-state index contributed by atoms with van der Waals surface area (Å²) in [4.78, 5) is 26.3. The van der Waals surface area contributed by atoms with E-state index in [1.807, 2.05) is 0 Å². The quantitative estimate of drug-likeness (QED) is 0.875. The Balaban J connectivity index is 1.86. The Kier molecular flexibility index (Phi) is 4.10. The Morgan fingerprint density at radius 2 is 1.96 bits per heavy atom. The van der Waals surface area contributed by atoms with Crippen LogP contribution in [0, 0.1) is 5.82 Å². The summed E-state index contributed by atoms with van der Waals surface area (Å²) < 4.78 is 18.1. The predicted molar refractivity (Wildman–Crippen MR) is 84.4 cm³/mol. The Bertz CT molecular complexity index is 755. The second-order valence-corrected chi connectivity index (χ2v) is 5.40. The van der Waals surface area contributed by atoms with Gasteiger partial charge in [-0.3, -0.25) is 9.59 Å². The van der Waals surface area contributed by atoms with Gasteiger partial charge in [0.05, 0.1) is 19.2 Å². The Labute approximate surface area is 133 Å². The fourth-order valence-electron chi connectivity index (χ4n) is 2.70. The largest absolute Gasteiger partial charge is 0.497 e. The molecule has 1 aliphatic rings. The molecule has 0 saturated carbocycles. The molecule has 0 fully saturated rings. The highest BCUT2D eigenvalue weighted by molar-refractivity contribution is 6.09. The van der Waals surface area contributed by atoms with Gasteiger partial charge < -0.3 is 9.64 Å². The molecule has 0 unspecified atom stereocenters. The number of hydrogen-bond donors (Lipinski definition) is 0. The van der Waals surface area contributed by atoms with Crippen LogP contribution in [0.25, 0.3) is 0 Å². The normalized spacial score (nSPS) is 13.7. The maximum atomic E-state index is 12.9. The van der Waals surface area contributed by atoms with Gasteiger partial charge in [0.15, 0.2) is 5.78 Å². The Morgan fingerprint density at radius 1 is 1.22 bits per heavy atom. The maximum absolute atomic E-state index is 12.9. The average Bonchev–Trinajstić information content (AvgIpc) is 2.57. The molecule has 118 valence electrons. The van der Waals surface area contributed by atoms with Crippen LogP contribution in [0.1, 0.15) is 22.3 Å². The van der Waals surface area contributed by atoms with Crippen LogP contribution in [0.4, 0.5) is 10.1 Å². The molecule has 0 bridgehead atoms. The van der Waals surface area contributed by atoms with Crippen molar-refractivity contribution in [1.29, 1.82) is 0 Å². The molecule has 0 aliphatic carbocycles. The number of ether oxygens (including phenoxy) is 1. The van der Waals surface area contributed by atoms with Crippen molar-refractivity contribution in [3.05, 3.63) is 59.4 Å². The highest BCUT2D eigenvalue weighted by atomic mass is 19.1. The monoisotopic (exact) mass is 313 g/mol. The first kappa shape index (κ1) is 15.2. The van der Waals surface area contributed by atoms with Gasteiger partial charge in [-0.2, -0.15) is 0 Å². The first-order chi connectivity index (χ1) is 11.1. The van der Waals surface area contributed by atoms with E-state index in [2.05, 4.69) is 0 Å². The number of amides is 1. The van der Waals surface area contributed by atoms with E-state index in [0.29, 0.717) is 23.5 Å². The minimum absolute atomic E-state index is 0.00438. The molecule has 23 heavy (non-hydrogen) atoms. The van der Waals surface area contributed by atoms with Crippen LogP contribution < -0.4 is 9.64 Å². The first-order valence-corrected chi connectivity index (χ1v) is 7.34. The molecule has 3 rings (SSSR count). The van der Waals surface area contributed by atoms with Crippen LogP contribution >= 0.6 is 0 Å². The summed E-state index contributed by atoms with van der Waals surface area (Å²) in [5.74, 6) is 0.146. The summed E-state index contributed by atoms with van der Waals surface area (Å²) in [6.07, 6.45) is 0.454. The van der Waals surface area contributed by atoms with E-state index in [-0.39, 0.29) is 30.3 Å². The number of carbonyl (C=O) groups is 2. The van der Waals surface area contributed by atoms with Gasteiger partial charge in [-0.25, -0.2) is 4.39 Å². The topological polar surface area (TPSA) is 46.6 Å². The van der Waals surface area contributed by atoms with Crippen molar-refractivity contribution in [3.8, 4) is 5.75 Å². The van der Waals surface area contributed by atoms with E-state index in [1.54, 1.807) is 35.2 Å². The van der Waals surface area contributed by atoms with Gasteiger partial charge in [0.2, 0.25) is 5.91 Å². The summed E-state index contributed by atoms with van der Waals surface area (Å²) >= 11 is 0. The SMILES string of the molecule is COc1ccc2c(c1)C(=O)CCN2C(=O)Cc1ccc(F)cc1. The minimum Gasteiger partial charge on any atom is -0.497 e. The van der Waals surface area contributed by atoms with E-state index >= 15 is 0 Å². The minimum atomic E-state index is -0.331. The first-order valence-electron chi connectivity index (χ1n) is 7.34. The van der Waals surface area contributed by atoms with Crippen molar-refractivity contribution in [2.45, 2.75) is 12.8 Å². The van der Waals surface area contributed by atoms with Crippen LogP contribution in [0.3, 0.4) is 0 Å². The molecular weight excluding hydrogens is 297 g/mol. The molecule has 0 atom stereocenters. The summed E-state index contributed by atoms with van der Waals surface area (Å²) in [5, 5.41) is 0. The summed E-state index contributed by atoms with van der Waals surface area (Å²) in [6.45, 7) is 0.359. The van der Waals surface area contributed by atoms with Crippen molar-refractivity contribution in [3.63, 3.8) is 0 Å². The Morgan fingerprint density at radius 3 is 2.65 bits per heavy atom. The van der Waals surface area contributed by atoms with Gasteiger partial charge in [-0.15, -0.1) is 0 Å². The molecule has 1 amide bonds. The molecule has 0 radical (unpaired) electrons. The zero-order valence-electron chi connectivity index (χ0n) is 12.7. The number of nitrogens with zero attached hydrogens (tertiary/aromatic N) is 1. The zero-order chi connectivity index (χ0) is 16.4. The van der Waals surface area contributed by atoms with Crippen LogP contribution in [0.5, 0.6) is 5.75 Å². The number of anilines is 1. The third-order valence-corrected chi connectivity index (χ3v) is 3.93. The summed E-state index contributed by atoms with van der Waals surface area (Å²) in [7, 11) is 1.53. The lowest BCUT2D eigenvalue weighted by atomic mass is 9.99. The second-order valence-electron chi connectivity index (χ2n) is 5.40. The molecule has 1 heterocycles. The lowest BCUT2D eigenvalue weighted by Crippen LogP contribution is -2.38. The Hall–Kier alpha value is -2.69. The number of ketones is 1. The highest BCUT2D eigenvalue weighted by Crippen LogP contribution is 2.31. The van der Waals surface area contributed by atoms with Crippen LogP contribution in [0.15, 0.2) is 42.5 Å². The van der Waals surface area contributed by atoms with Crippen molar-refractivity contribution in [2.24, 2.45) is 0 Å². The number of Topliss-reactive ketones (excluding diaryl/α,β-unsaturated/α-hetero) is 1. The van der Waals surface area contributed by atoms with E-state index in [9.17, 15) is 14.0 Å². The van der Waals surface area contributed by atoms with Gasteiger partial charge >= 0.3 is 0 Å². The molecule has 2 aromatic rings. The zero-order valence-corrected chi connectivity index (χ0v) is 12.7. The molecule has 0 aromatic heterocycles. The molecule has 0 spiro atoms. The van der Waals surface area contributed by atoms with Crippen LogP contribution in [0.2, 0.25) is 0 Å². The second kappa shape index (κ2) is 6.20. The molecular formula is C18H16FNO3. The van der Waals surface area contributed by atoms with Gasteiger partial charge in [-0.05, 0) is 35.9 Å². The van der Waals surface area contributed by atoms with Crippen molar-refractivity contribution < 1.29 is 18.7 Å². The number of halogens is 1. The van der Waals surface area contributed by atoms with Crippen molar-refractivity contribution in [2.75, 3.05) is 18.6 Å². The van der Waals surface area contributed by atoms with Gasteiger partial charge in [0.1, 0.15) is 11.6 Å². The van der Waals surface area contributed by atoms with Crippen molar-refractivity contribution >= 4 is 17.4 Å². The van der Waals surface area contributed by atoms with E-state index < -0.39 is 0 Å². The highest BCUT2D eigenvalue weighted by Gasteiger charge is 2.27. The molecule has 0 N–H and O–H groups in total. The maximum Gasteiger partial charge on any atom is 0.231 e. The third kappa shape index (κ3) is 3.08. The number of hydrogen-bond acceptors (Lipinski definition) is 3. The molecule has 4 nitrogen and oxygen atoms in total. The average molecular weight is 313 g/mol. The number of carbonyl (C=O) groups excluding carboxylic acids is 2. The van der Waals surface area contributed by atoms with Crippen LogP contribution in [-0.2, 0) is 11.2 Å². The lowest BCUT2D eigenvalue weighted by Gasteiger charge is -2.29. The fourth-order valence-corrected chi connectivity index (χ4v) is 2.70. The molecule has 1 aliphatic heterocycles. The van der Waals surface area contributed by atoms with Gasteiger partial charge in [0, 0.05) is 18.5 Å². The fraction of sp³-hybridized carbons (Fsp3) is 0.222. The summed E-state index contributed by atoms with van der Waals surface area (Å²) in [6, 6.07) is 11.0. The lowest BCUT2D eigenvalue weighted by molar-refractivity contribution is -0.118. The molecule has 5 heteroatoms. The summed E-state index contributed by atoms with van der Waals surface area (Å²) in [5.41, 5.74) is 1.85. The van der Waals surface area contributed by atoms with Gasteiger partial charge in [0.25, 0.3) is 0 Å². The van der Waals surface area contributed by atoms with E-state index in [0.717, 1.165) is 5.56 Å². The molecule has 2 aromatic carbocycles. The predicted octanol–water partition coefficient (Wildman–Crippen LogP) is 3.00. The van der Waals surface area contributed by atoms with Crippen LogP contribution in [-0.4, -0.2) is 25.3 Å². The standard InChI is InChI=1S/C18H16FNO3/c1-23-14-6-7-16-15(11-14)17(21)8-9-20(16)18(22)10-12-2-4-13(19)5-3-12/h2-7,11H,8-10H2,1H3. The van der Waals surface area contributed by atoms with Crippen molar-refractivity contribution in [1.82, 2.24) is 0 Å². The van der Waals surface area contributed by atoms with Gasteiger partial charge in [-0.1, -0.05) is 12.1 Å². The number of methoxy groups -OCH3 is 1. The number of rotatable bonds is 3. The number of benzene rings is 2. The third-order valence-electron chi connectivity index (χ3n) is 3.93. The van der Waals surface area contributed by atoms with E-state index in [4.69, 9.17) is 4.74 Å².